The molecule has 1 amide bonds. The highest BCUT2D eigenvalue weighted by Crippen LogP contribution is 2.31. The van der Waals surface area contributed by atoms with Gasteiger partial charge in [0, 0.05) is 25.5 Å². The number of amides is 1. The van der Waals surface area contributed by atoms with Gasteiger partial charge in [-0.05, 0) is 37.1 Å². The Morgan fingerprint density at radius 1 is 1.30 bits per heavy atom. The minimum atomic E-state index is -0.254. The number of para-hydroxylation sites is 1. The molecule has 1 aromatic heterocycles. The maximum absolute atomic E-state index is 12.9. The normalized spacial score (nSPS) is 14.3. The molecule has 2 aromatic rings. The first-order chi connectivity index (χ1) is 11.1. The molecule has 0 bridgehead atoms. The second-order valence-corrected chi connectivity index (χ2v) is 5.67. The molecule has 1 aliphatic heterocycles. The van der Waals surface area contributed by atoms with Crippen LogP contribution in [0, 0.1) is 0 Å². The predicted octanol–water partition coefficient (Wildman–Crippen LogP) is 2.50. The van der Waals surface area contributed by atoms with Gasteiger partial charge < -0.3 is 9.64 Å². The third kappa shape index (κ3) is 2.74. The summed E-state index contributed by atoms with van der Waals surface area (Å²) < 4.78 is 5.31. The summed E-state index contributed by atoms with van der Waals surface area (Å²) in [4.78, 5) is 20.9. The molecular weight excluding hydrogens is 290 g/mol. The highest BCUT2D eigenvalue weighted by atomic mass is 16.5. The average Bonchev–Trinajstić information content (AvgIpc) is 3.03. The number of aromatic nitrogens is 1. The number of hydrogen-bond donors (Lipinski definition) is 0. The van der Waals surface area contributed by atoms with Gasteiger partial charge in [0.2, 0.25) is 5.91 Å². The standard InChI is InChI=1S/C18H21N3O2/c1-13(21-12-10-14-7-4-5-8-15(14)21)18(22)20(2)17-16(23-3)9-6-11-19-17/h4-9,11,13H,10,12H2,1-3H3. The number of pyridine rings is 1. The zero-order valence-corrected chi connectivity index (χ0v) is 13.7. The summed E-state index contributed by atoms with van der Waals surface area (Å²) in [5.41, 5.74) is 2.44. The smallest absolute Gasteiger partial charge is 0.250 e. The van der Waals surface area contributed by atoms with Crippen molar-refractivity contribution < 1.29 is 9.53 Å². The second-order valence-electron chi connectivity index (χ2n) is 5.67. The summed E-state index contributed by atoms with van der Waals surface area (Å²) in [5, 5.41) is 0. The Morgan fingerprint density at radius 3 is 2.87 bits per heavy atom. The first-order valence-electron chi connectivity index (χ1n) is 7.74. The lowest BCUT2D eigenvalue weighted by molar-refractivity contribution is -0.119. The Labute approximate surface area is 136 Å². The fraction of sp³-hybridized carbons (Fsp3) is 0.333. The van der Waals surface area contributed by atoms with Crippen LogP contribution in [-0.2, 0) is 11.2 Å². The highest BCUT2D eigenvalue weighted by molar-refractivity contribution is 5.99. The third-order valence-electron chi connectivity index (χ3n) is 4.37. The molecule has 1 aliphatic rings. The molecule has 2 heterocycles. The molecule has 0 N–H and O–H groups in total. The van der Waals surface area contributed by atoms with E-state index >= 15 is 0 Å². The van der Waals surface area contributed by atoms with Gasteiger partial charge in [-0.2, -0.15) is 0 Å². The van der Waals surface area contributed by atoms with Crippen LogP contribution in [0.15, 0.2) is 42.6 Å². The number of carbonyl (C=O) groups is 1. The van der Waals surface area contributed by atoms with E-state index in [1.54, 1.807) is 31.3 Å². The van der Waals surface area contributed by atoms with Gasteiger partial charge in [-0.3, -0.25) is 9.69 Å². The van der Waals surface area contributed by atoms with Crippen LogP contribution in [0.1, 0.15) is 12.5 Å². The van der Waals surface area contributed by atoms with Crippen LogP contribution in [0.3, 0.4) is 0 Å². The molecule has 5 nitrogen and oxygen atoms in total. The molecule has 1 unspecified atom stereocenters. The summed E-state index contributed by atoms with van der Waals surface area (Å²) in [6, 6.07) is 11.6. The minimum absolute atomic E-state index is 0.00120. The molecule has 120 valence electrons. The number of benzene rings is 1. The first-order valence-corrected chi connectivity index (χ1v) is 7.74. The van der Waals surface area contributed by atoms with Crippen LogP contribution in [-0.4, -0.2) is 37.6 Å². The maximum atomic E-state index is 12.9. The topological polar surface area (TPSA) is 45.7 Å². The van der Waals surface area contributed by atoms with Crippen molar-refractivity contribution in [3.63, 3.8) is 0 Å². The Balaban J connectivity index is 1.83. The fourth-order valence-electron chi connectivity index (χ4n) is 3.08. The van der Waals surface area contributed by atoms with Gasteiger partial charge in [-0.15, -0.1) is 0 Å². The van der Waals surface area contributed by atoms with E-state index in [1.807, 2.05) is 25.1 Å². The number of fused-ring (bicyclic) bond motifs is 1. The number of rotatable bonds is 4. The molecule has 0 aliphatic carbocycles. The average molecular weight is 311 g/mol. The number of carbonyl (C=O) groups excluding carboxylic acids is 1. The predicted molar refractivity (Wildman–Crippen MR) is 91.2 cm³/mol. The highest BCUT2D eigenvalue weighted by Gasteiger charge is 2.30. The lowest BCUT2D eigenvalue weighted by atomic mass is 10.1. The van der Waals surface area contributed by atoms with Crippen LogP contribution < -0.4 is 14.5 Å². The molecule has 0 fully saturated rings. The van der Waals surface area contributed by atoms with Gasteiger partial charge in [0.1, 0.15) is 6.04 Å². The first kappa shape index (κ1) is 15.3. The number of ether oxygens (including phenoxy) is 1. The van der Waals surface area contributed by atoms with E-state index in [0.29, 0.717) is 11.6 Å². The summed E-state index contributed by atoms with van der Waals surface area (Å²) >= 11 is 0. The van der Waals surface area contributed by atoms with E-state index in [2.05, 4.69) is 22.0 Å². The summed E-state index contributed by atoms with van der Waals surface area (Å²) in [7, 11) is 3.32. The van der Waals surface area contributed by atoms with Gasteiger partial charge in [0.25, 0.3) is 0 Å². The summed E-state index contributed by atoms with van der Waals surface area (Å²) in [6.07, 6.45) is 2.64. The summed E-state index contributed by atoms with van der Waals surface area (Å²) in [5.74, 6) is 1.13. The number of likely N-dealkylation sites (N-methyl/N-ethyl adjacent to an activating group) is 1. The monoisotopic (exact) mass is 311 g/mol. The molecule has 0 spiro atoms. The Bertz CT molecular complexity index is 717. The molecule has 0 saturated carbocycles. The van der Waals surface area contributed by atoms with Gasteiger partial charge >= 0.3 is 0 Å². The molecule has 1 atom stereocenters. The molecule has 0 radical (unpaired) electrons. The minimum Gasteiger partial charge on any atom is -0.493 e. The zero-order chi connectivity index (χ0) is 16.4. The Morgan fingerprint density at radius 2 is 2.09 bits per heavy atom. The Kier molecular flexibility index (Phi) is 4.19. The number of methoxy groups -OCH3 is 1. The number of nitrogens with zero attached hydrogens (tertiary/aromatic N) is 3. The molecule has 3 rings (SSSR count). The SMILES string of the molecule is COc1cccnc1N(C)C(=O)C(C)N1CCc2ccccc21. The lowest BCUT2D eigenvalue weighted by Gasteiger charge is -2.30. The number of anilines is 2. The summed E-state index contributed by atoms with van der Waals surface area (Å²) in [6.45, 7) is 2.80. The molecule has 23 heavy (non-hydrogen) atoms. The molecule has 5 heteroatoms. The van der Waals surface area contributed by atoms with E-state index in [1.165, 1.54) is 5.56 Å². The van der Waals surface area contributed by atoms with Crippen molar-refractivity contribution in [1.29, 1.82) is 0 Å². The maximum Gasteiger partial charge on any atom is 0.250 e. The zero-order valence-electron chi connectivity index (χ0n) is 13.7. The van der Waals surface area contributed by atoms with Crippen molar-refractivity contribution in [1.82, 2.24) is 4.98 Å². The van der Waals surface area contributed by atoms with Crippen molar-refractivity contribution >= 4 is 17.4 Å². The van der Waals surface area contributed by atoms with Crippen LogP contribution >= 0.6 is 0 Å². The quantitative estimate of drug-likeness (QED) is 0.870. The fourth-order valence-corrected chi connectivity index (χ4v) is 3.08. The van der Waals surface area contributed by atoms with Gasteiger partial charge in [-0.25, -0.2) is 4.98 Å². The second kappa shape index (κ2) is 6.28. The molecule has 1 aromatic carbocycles. The van der Waals surface area contributed by atoms with E-state index in [-0.39, 0.29) is 11.9 Å². The molecular formula is C18H21N3O2. The van der Waals surface area contributed by atoms with E-state index < -0.39 is 0 Å². The van der Waals surface area contributed by atoms with Gasteiger partial charge in [0.15, 0.2) is 11.6 Å². The lowest BCUT2D eigenvalue weighted by Crippen LogP contribution is -2.45. The number of hydrogen-bond acceptors (Lipinski definition) is 4. The third-order valence-corrected chi connectivity index (χ3v) is 4.37. The van der Waals surface area contributed by atoms with Crippen molar-refractivity contribution in [2.24, 2.45) is 0 Å². The van der Waals surface area contributed by atoms with E-state index in [4.69, 9.17) is 4.74 Å². The van der Waals surface area contributed by atoms with Crippen LogP contribution in [0.25, 0.3) is 0 Å². The van der Waals surface area contributed by atoms with Crippen LogP contribution in [0.4, 0.5) is 11.5 Å². The Hall–Kier alpha value is -2.56. The van der Waals surface area contributed by atoms with E-state index in [9.17, 15) is 4.79 Å². The van der Waals surface area contributed by atoms with Crippen molar-refractivity contribution in [3.8, 4) is 5.75 Å². The van der Waals surface area contributed by atoms with Crippen LogP contribution in [0.2, 0.25) is 0 Å². The van der Waals surface area contributed by atoms with Crippen molar-refractivity contribution in [2.45, 2.75) is 19.4 Å². The van der Waals surface area contributed by atoms with Crippen molar-refractivity contribution in [2.75, 3.05) is 30.5 Å². The van der Waals surface area contributed by atoms with Crippen molar-refractivity contribution in [3.05, 3.63) is 48.2 Å². The molecule has 0 saturated heterocycles. The van der Waals surface area contributed by atoms with Gasteiger partial charge in [-0.1, -0.05) is 18.2 Å². The van der Waals surface area contributed by atoms with Gasteiger partial charge in [0.05, 0.1) is 7.11 Å². The van der Waals surface area contributed by atoms with E-state index in [0.717, 1.165) is 18.7 Å². The largest absolute Gasteiger partial charge is 0.493 e. The van der Waals surface area contributed by atoms with Crippen LogP contribution in [0.5, 0.6) is 5.75 Å².